The van der Waals surface area contributed by atoms with Crippen molar-refractivity contribution < 1.29 is 22.4 Å². The lowest BCUT2D eigenvalue weighted by atomic mass is 9.93. The van der Waals surface area contributed by atoms with Crippen molar-refractivity contribution in [1.29, 1.82) is 0 Å². The molecule has 0 spiro atoms. The highest BCUT2D eigenvalue weighted by Crippen LogP contribution is 2.36. The second kappa shape index (κ2) is 10.5. The molecule has 9 nitrogen and oxygen atoms in total. The highest BCUT2D eigenvalue weighted by atomic mass is 19.4. The number of furan rings is 1. The van der Waals surface area contributed by atoms with Gasteiger partial charge in [-0.3, -0.25) is 19.7 Å². The summed E-state index contributed by atoms with van der Waals surface area (Å²) < 4.78 is 46.2. The van der Waals surface area contributed by atoms with Gasteiger partial charge in [-0.2, -0.15) is 13.2 Å². The van der Waals surface area contributed by atoms with Crippen molar-refractivity contribution in [2.45, 2.75) is 31.6 Å². The summed E-state index contributed by atoms with van der Waals surface area (Å²) in [4.78, 5) is 28.2. The molecule has 0 unspecified atom stereocenters. The third-order valence-corrected chi connectivity index (χ3v) is 7.41. The van der Waals surface area contributed by atoms with Gasteiger partial charge in [-0.25, -0.2) is 0 Å². The predicted molar refractivity (Wildman–Crippen MR) is 138 cm³/mol. The number of Topliss-reactive ketones (excluding diaryl/α,β-unsaturated/α-hetero) is 1. The monoisotopic (exact) mass is 531 g/mol. The maximum atomic E-state index is 13.5. The molecule has 2 atom stereocenters. The van der Waals surface area contributed by atoms with Crippen LogP contribution in [0.15, 0.2) is 35.1 Å². The number of ketones is 1. The van der Waals surface area contributed by atoms with Gasteiger partial charge in [0.05, 0.1) is 5.92 Å². The summed E-state index contributed by atoms with van der Waals surface area (Å²) in [6, 6.07) is 2.84. The summed E-state index contributed by atoms with van der Waals surface area (Å²) in [7, 11) is 2.10. The Kier molecular flexibility index (Phi) is 7.30. The van der Waals surface area contributed by atoms with Crippen LogP contribution in [0, 0.1) is 5.92 Å². The molecule has 38 heavy (non-hydrogen) atoms. The van der Waals surface area contributed by atoms with Gasteiger partial charge < -0.3 is 25.7 Å². The van der Waals surface area contributed by atoms with Crippen LogP contribution < -0.4 is 16.4 Å². The number of piperidine rings is 1. The van der Waals surface area contributed by atoms with Gasteiger partial charge in [0.2, 0.25) is 5.88 Å². The molecule has 0 radical (unpaired) electrons. The molecule has 5 rings (SSSR count). The fourth-order valence-corrected chi connectivity index (χ4v) is 5.35. The average Bonchev–Trinajstić information content (AvgIpc) is 3.20. The fraction of sp³-hybridized carbons (Fsp3) is 0.500. The summed E-state index contributed by atoms with van der Waals surface area (Å²) in [5, 5.41) is 0. The quantitative estimate of drug-likeness (QED) is 0.463. The number of likely N-dealkylation sites (N-methyl/N-ethyl adjacent to an activating group) is 1. The number of aromatic nitrogens is 2. The number of halogens is 3. The zero-order valence-corrected chi connectivity index (χ0v) is 21.2. The second-order valence-electron chi connectivity index (χ2n) is 10.4. The number of anilines is 2. The number of carbonyl (C=O) groups excluding carboxylic acids is 1. The third-order valence-electron chi connectivity index (χ3n) is 7.41. The minimum absolute atomic E-state index is 0.0307. The zero-order chi connectivity index (χ0) is 27.0. The second-order valence-corrected chi connectivity index (χ2v) is 10.4. The first-order valence-corrected chi connectivity index (χ1v) is 12.7. The van der Waals surface area contributed by atoms with Crippen LogP contribution in [-0.4, -0.2) is 84.1 Å². The van der Waals surface area contributed by atoms with E-state index >= 15 is 0 Å². The molecule has 204 valence electrons. The topological polar surface area (TPSA) is 118 Å². The summed E-state index contributed by atoms with van der Waals surface area (Å²) in [6.07, 6.45) is 0.133. The molecular weight excluding hydrogens is 499 g/mol. The lowest BCUT2D eigenvalue weighted by Crippen LogP contribution is -2.51. The van der Waals surface area contributed by atoms with E-state index in [1.165, 1.54) is 12.4 Å². The van der Waals surface area contributed by atoms with Crippen LogP contribution in [0.2, 0.25) is 0 Å². The zero-order valence-electron chi connectivity index (χ0n) is 21.2. The molecule has 3 aromatic rings. The number of alkyl halides is 3. The van der Waals surface area contributed by atoms with Crippen LogP contribution in [0.4, 0.5) is 24.7 Å². The molecular formula is C26H32F3N7O2. The van der Waals surface area contributed by atoms with Gasteiger partial charge in [0.1, 0.15) is 11.1 Å². The van der Waals surface area contributed by atoms with Crippen molar-refractivity contribution in [3.05, 3.63) is 47.4 Å². The van der Waals surface area contributed by atoms with Crippen LogP contribution in [0.3, 0.4) is 0 Å². The fourth-order valence-electron chi connectivity index (χ4n) is 5.35. The normalized spacial score (nSPS) is 21.8. The minimum Gasteiger partial charge on any atom is -0.438 e. The molecule has 0 bridgehead atoms. The van der Waals surface area contributed by atoms with Gasteiger partial charge >= 0.3 is 6.18 Å². The third kappa shape index (κ3) is 5.62. The number of hydrogen-bond acceptors (Lipinski definition) is 9. The number of hydrogen-bond donors (Lipinski definition) is 2. The Hall–Kier alpha value is -3.22. The molecule has 4 N–H and O–H groups in total. The average molecular weight is 532 g/mol. The van der Waals surface area contributed by atoms with Crippen molar-refractivity contribution >= 4 is 28.5 Å². The number of nitrogens with zero attached hydrogens (tertiary/aromatic N) is 5. The maximum absolute atomic E-state index is 13.5. The Bertz CT molecular complexity index is 1300. The van der Waals surface area contributed by atoms with Crippen molar-refractivity contribution in [2.24, 2.45) is 11.7 Å². The van der Waals surface area contributed by atoms with E-state index in [1.807, 2.05) is 6.07 Å². The van der Waals surface area contributed by atoms with Gasteiger partial charge in [-0.05, 0) is 31.2 Å². The molecule has 3 aromatic heterocycles. The Morgan fingerprint density at radius 3 is 2.68 bits per heavy atom. The molecule has 12 heteroatoms. The number of fused-ring (bicyclic) bond motifs is 1. The summed E-state index contributed by atoms with van der Waals surface area (Å²) in [5.41, 5.74) is 15.0. The number of carbonyl (C=O) groups is 1. The summed E-state index contributed by atoms with van der Waals surface area (Å²) in [6.45, 7) is 4.66. The first-order chi connectivity index (χ1) is 18.1. The van der Waals surface area contributed by atoms with Gasteiger partial charge in [0.25, 0.3) is 0 Å². The van der Waals surface area contributed by atoms with Crippen molar-refractivity contribution in [2.75, 3.05) is 56.9 Å². The van der Waals surface area contributed by atoms with E-state index in [4.69, 9.17) is 15.9 Å². The van der Waals surface area contributed by atoms with E-state index in [9.17, 15) is 18.0 Å². The number of pyridine rings is 2. The van der Waals surface area contributed by atoms with E-state index in [0.29, 0.717) is 22.4 Å². The van der Waals surface area contributed by atoms with E-state index in [1.54, 1.807) is 17.2 Å². The van der Waals surface area contributed by atoms with Crippen LogP contribution in [0.5, 0.6) is 0 Å². The minimum atomic E-state index is -4.35. The van der Waals surface area contributed by atoms with E-state index < -0.39 is 18.1 Å². The Morgan fingerprint density at radius 2 is 1.95 bits per heavy atom. The molecule has 2 aliphatic heterocycles. The van der Waals surface area contributed by atoms with E-state index in [0.717, 1.165) is 38.3 Å². The molecule has 0 amide bonds. The smallest absolute Gasteiger partial charge is 0.393 e. The number of rotatable bonds is 6. The number of nitrogens with two attached hydrogens (primary N) is 2. The molecule has 2 aliphatic rings. The predicted octanol–water partition coefficient (Wildman–Crippen LogP) is 2.69. The van der Waals surface area contributed by atoms with Crippen LogP contribution in [-0.2, 0) is 13.0 Å². The Morgan fingerprint density at radius 1 is 1.18 bits per heavy atom. The highest BCUT2D eigenvalue weighted by molar-refractivity contribution is 6.10. The first kappa shape index (κ1) is 26.4. The summed E-state index contributed by atoms with van der Waals surface area (Å²) in [5.74, 6) is -1.92. The van der Waals surface area contributed by atoms with Gasteiger partial charge in [0, 0.05) is 88.1 Å². The van der Waals surface area contributed by atoms with E-state index in [-0.39, 0.29) is 43.2 Å². The molecule has 0 aromatic carbocycles. The van der Waals surface area contributed by atoms with Crippen molar-refractivity contribution in [3.63, 3.8) is 0 Å². The lowest BCUT2D eigenvalue weighted by molar-refractivity contribution is -0.177. The van der Waals surface area contributed by atoms with Crippen LogP contribution >= 0.6 is 0 Å². The largest absolute Gasteiger partial charge is 0.438 e. The SMILES string of the molecule is CN1CCN(Cc2cnc3c(C(=O)Cc4cnccc4N4C[C@@H](N)C[C@@H](C(F)(F)F)C4)c(N)oc3c2)CC1. The Labute approximate surface area is 218 Å². The highest BCUT2D eigenvalue weighted by Gasteiger charge is 2.44. The molecule has 0 aliphatic carbocycles. The van der Waals surface area contributed by atoms with Gasteiger partial charge in [-0.1, -0.05) is 0 Å². The molecule has 2 saturated heterocycles. The Balaban J connectivity index is 1.36. The van der Waals surface area contributed by atoms with Crippen LogP contribution in [0.1, 0.15) is 27.9 Å². The van der Waals surface area contributed by atoms with Gasteiger partial charge in [0.15, 0.2) is 11.4 Å². The maximum Gasteiger partial charge on any atom is 0.393 e. The summed E-state index contributed by atoms with van der Waals surface area (Å²) >= 11 is 0. The number of piperazine rings is 1. The standard InChI is InChI=1S/C26H32F3N7O2/c1-34-4-6-35(7-5-34)13-16-8-22-24(33-11-16)23(25(31)38-22)21(37)9-17-12-32-3-2-20(17)36-14-18(26(27,28)29)10-19(30)15-36/h2-3,8,11-12,18-19H,4-7,9-10,13-15,30-31H2,1H3/t18-,19+/m1/s1. The lowest BCUT2D eigenvalue weighted by Gasteiger charge is -2.39. The van der Waals surface area contributed by atoms with Crippen LogP contribution in [0.25, 0.3) is 11.1 Å². The number of nitrogen functional groups attached to an aromatic ring is 1. The molecule has 2 fully saturated rings. The molecule has 0 saturated carbocycles. The van der Waals surface area contributed by atoms with Crippen molar-refractivity contribution in [3.8, 4) is 0 Å². The first-order valence-electron chi connectivity index (χ1n) is 12.7. The van der Waals surface area contributed by atoms with E-state index in [2.05, 4.69) is 26.8 Å². The van der Waals surface area contributed by atoms with Gasteiger partial charge in [-0.15, -0.1) is 0 Å². The van der Waals surface area contributed by atoms with Crippen molar-refractivity contribution in [1.82, 2.24) is 19.8 Å². The molecule has 5 heterocycles.